The number of rotatable bonds is 3. The predicted octanol–water partition coefficient (Wildman–Crippen LogP) is 3.95. The van der Waals surface area contributed by atoms with E-state index in [2.05, 4.69) is 20.9 Å². The molecular formula is C15H13BrN2O2S. The van der Waals surface area contributed by atoms with Crippen LogP contribution in [-0.4, -0.2) is 18.1 Å². The van der Waals surface area contributed by atoms with Crippen LogP contribution in [0.4, 0.5) is 5.00 Å². The summed E-state index contributed by atoms with van der Waals surface area (Å²) >= 11 is 5.00. The van der Waals surface area contributed by atoms with E-state index in [0.717, 1.165) is 25.8 Å². The average molecular weight is 365 g/mol. The Morgan fingerprint density at radius 3 is 3.05 bits per heavy atom. The van der Waals surface area contributed by atoms with Gasteiger partial charge in [-0.15, -0.1) is 11.3 Å². The van der Waals surface area contributed by atoms with Crippen molar-refractivity contribution < 1.29 is 9.53 Å². The summed E-state index contributed by atoms with van der Waals surface area (Å²) in [5.74, 6) is -0.393. The fourth-order valence-corrected chi connectivity index (χ4v) is 3.91. The van der Waals surface area contributed by atoms with Gasteiger partial charge in [0.2, 0.25) is 0 Å². The van der Waals surface area contributed by atoms with E-state index in [0.29, 0.717) is 17.0 Å². The van der Waals surface area contributed by atoms with Gasteiger partial charge in [-0.2, -0.15) is 0 Å². The number of aromatic amines is 1. The van der Waals surface area contributed by atoms with Gasteiger partial charge in [0.15, 0.2) is 0 Å². The van der Waals surface area contributed by atoms with E-state index < -0.39 is 5.97 Å². The Kier molecular flexibility index (Phi) is 3.73. The Hall–Kier alpha value is -1.79. The van der Waals surface area contributed by atoms with Crippen LogP contribution < -0.4 is 5.73 Å². The highest BCUT2D eigenvalue weighted by atomic mass is 79.9. The molecule has 0 aliphatic heterocycles. The molecule has 0 bridgehead atoms. The summed E-state index contributed by atoms with van der Waals surface area (Å²) in [6.07, 6.45) is 2.71. The summed E-state index contributed by atoms with van der Waals surface area (Å²) in [5.41, 5.74) is 8.57. The molecule has 108 valence electrons. The summed E-state index contributed by atoms with van der Waals surface area (Å²) in [6, 6.07) is 7.85. The Labute approximate surface area is 134 Å². The van der Waals surface area contributed by atoms with Crippen LogP contribution in [0.5, 0.6) is 0 Å². The number of anilines is 1. The van der Waals surface area contributed by atoms with E-state index in [1.165, 1.54) is 18.4 Å². The van der Waals surface area contributed by atoms with Crippen molar-refractivity contribution in [1.29, 1.82) is 0 Å². The zero-order valence-corrected chi connectivity index (χ0v) is 13.7. The van der Waals surface area contributed by atoms with Crippen LogP contribution in [0, 0.1) is 0 Å². The third-order valence-electron chi connectivity index (χ3n) is 3.32. The largest absolute Gasteiger partial charge is 0.465 e. The molecule has 0 aliphatic rings. The smallest absolute Gasteiger partial charge is 0.340 e. The minimum atomic E-state index is -0.393. The number of carbonyl (C=O) groups excluding carboxylic acids is 1. The van der Waals surface area contributed by atoms with Crippen LogP contribution >= 0.6 is 27.3 Å². The van der Waals surface area contributed by atoms with Crippen molar-refractivity contribution in [3.05, 3.63) is 50.9 Å². The number of hydrogen-bond donors (Lipinski definition) is 2. The van der Waals surface area contributed by atoms with Crippen molar-refractivity contribution in [2.45, 2.75) is 6.42 Å². The first-order valence-corrected chi connectivity index (χ1v) is 7.92. The molecule has 0 atom stereocenters. The normalized spacial score (nSPS) is 11.0. The van der Waals surface area contributed by atoms with Crippen LogP contribution in [0.15, 0.2) is 34.9 Å². The summed E-state index contributed by atoms with van der Waals surface area (Å²) in [6.45, 7) is 0. The van der Waals surface area contributed by atoms with Crippen molar-refractivity contribution in [3.63, 3.8) is 0 Å². The maximum absolute atomic E-state index is 11.6. The van der Waals surface area contributed by atoms with Gasteiger partial charge in [-0.1, -0.05) is 22.0 Å². The minimum Gasteiger partial charge on any atom is -0.465 e. The molecular weight excluding hydrogens is 352 g/mol. The van der Waals surface area contributed by atoms with Gasteiger partial charge in [0.05, 0.1) is 12.7 Å². The van der Waals surface area contributed by atoms with E-state index in [4.69, 9.17) is 10.5 Å². The number of fused-ring (bicyclic) bond motifs is 1. The molecule has 0 radical (unpaired) electrons. The van der Waals surface area contributed by atoms with E-state index in [1.807, 2.05) is 30.5 Å². The SMILES string of the molecule is COC(=O)c1cc(Cc2c[nH]c3cccc(Br)c23)sc1N. The molecule has 0 saturated carbocycles. The molecule has 6 heteroatoms. The summed E-state index contributed by atoms with van der Waals surface area (Å²) in [7, 11) is 1.36. The van der Waals surface area contributed by atoms with Crippen LogP contribution in [0.1, 0.15) is 20.8 Å². The standard InChI is InChI=1S/C15H13BrN2O2S/c1-20-15(19)10-6-9(21-14(10)17)5-8-7-18-12-4-2-3-11(16)13(8)12/h2-4,6-7,18H,5,17H2,1H3. The first kappa shape index (κ1) is 14.2. The second-order valence-corrected chi connectivity index (χ2v) is 6.66. The lowest BCUT2D eigenvalue weighted by molar-refractivity contribution is 0.0602. The summed E-state index contributed by atoms with van der Waals surface area (Å²) < 4.78 is 5.78. The van der Waals surface area contributed by atoms with Crippen molar-refractivity contribution in [2.75, 3.05) is 12.8 Å². The lowest BCUT2D eigenvalue weighted by atomic mass is 10.1. The lowest BCUT2D eigenvalue weighted by Crippen LogP contribution is -2.02. The zero-order chi connectivity index (χ0) is 15.0. The van der Waals surface area contributed by atoms with E-state index in [-0.39, 0.29) is 0 Å². The van der Waals surface area contributed by atoms with Gasteiger partial charge < -0.3 is 15.5 Å². The van der Waals surface area contributed by atoms with Crippen molar-refractivity contribution in [1.82, 2.24) is 4.98 Å². The molecule has 0 fully saturated rings. The van der Waals surface area contributed by atoms with Gasteiger partial charge in [-0.05, 0) is 23.8 Å². The Morgan fingerprint density at radius 1 is 1.48 bits per heavy atom. The zero-order valence-electron chi connectivity index (χ0n) is 11.3. The van der Waals surface area contributed by atoms with Crippen LogP contribution in [0.25, 0.3) is 10.9 Å². The Morgan fingerprint density at radius 2 is 2.29 bits per heavy atom. The number of nitrogen functional groups attached to an aromatic ring is 1. The summed E-state index contributed by atoms with van der Waals surface area (Å²) in [5, 5.41) is 1.65. The van der Waals surface area contributed by atoms with Crippen LogP contribution in [-0.2, 0) is 11.2 Å². The molecule has 3 aromatic rings. The number of hydrogen-bond acceptors (Lipinski definition) is 4. The molecule has 0 saturated heterocycles. The second kappa shape index (κ2) is 5.54. The Bertz CT molecular complexity index is 822. The maximum Gasteiger partial charge on any atom is 0.340 e. The molecule has 3 rings (SSSR count). The molecule has 0 spiro atoms. The van der Waals surface area contributed by atoms with Gasteiger partial charge in [0, 0.05) is 32.9 Å². The van der Waals surface area contributed by atoms with Crippen molar-refractivity contribution in [2.24, 2.45) is 0 Å². The molecule has 21 heavy (non-hydrogen) atoms. The molecule has 4 nitrogen and oxygen atoms in total. The predicted molar refractivity (Wildman–Crippen MR) is 88.9 cm³/mol. The van der Waals surface area contributed by atoms with Gasteiger partial charge in [-0.3, -0.25) is 0 Å². The quantitative estimate of drug-likeness (QED) is 0.691. The number of ether oxygens (including phenoxy) is 1. The number of thiophene rings is 1. The average Bonchev–Trinajstić information content (AvgIpc) is 3.03. The fraction of sp³-hybridized carbons (Fsp3) is 0.133. The molecule has 0 aliphatic carbocycles. The van der Waals surface area contributed by atoms with Gasteiger partial charge in [0.25, 0.3) is 0 Å². The van der Waals surface area contributed by atoms with Gasteiger partial charge >= 0.3 is 5.97 Å². The monoisotopic (exact) mass is 364 g/mol. The lowest BCUT2D eigenvalue weighted by Gasteiger charge is -1.99. The highest BCUT2D eigenvalue weighted by Crippen LogP contribution is 2.32. The molecule has 1 aromatic carbocycles. The molecule has 0 amide bonds. The number of nitrogens with two attached hydrogens (primary N) is 1. The van der Waals surface area contributed by atoms with Crippen LogP contribution in [0.2, 0.25) is 0 Å². The molecule has 2 heterocycles. The van der Waals surface area contributed by atoms with E-state index in [1.54, 1.807) is 0 Å². The van der Waals surface area contributed by atoms with Gasteiger partial charge in [0.1, 0.15) is 5.00 Å². The Balaban J connectivity index is 1.98. The maximum atomic E-state index is 11.6. The first-order chi connectivity index (χ1) is 10.1. The summed E-state index contributed by atoms with van der Waals surface area (Å²) in [4.78, 5) is 15.9. The number of benzene rings is 1. The fourth-order valence-electron chi connectivity index (χ4n) is 2.35. The topological polar surface area (TPSA) is 68.1 Å². The number of methoxy groups -OCH3 is 1. The highest BCUT2D eigenvalue weighted by Gasteiger charge is 2.16. The minimum absolute atomic E-state index is 0.393. The number of esters is 1. The number of aromatic nitrogens is 1. The number of nitrogens with one attached hydrogen (secondary N) is 1. The number of halogens is 1. The highest BCUT2D eigenvalue weighted by molar-refractivity contribution is 9.10. The molecule has 3 N–H and O–H groups in total. The third-order valence-corrected chi connectivity index (χ3v) is 4.94. The van der Waals surface area contributed by atoms with E-state index in [9.17, 15) is 4.79 Å². The third kappa shape index (κ3) is 2.56. The van der Waals surface area contributed by atoms with Crippen molar-refractivity contribution in [3.8, 4) is 0 Å². The van der Waals surface area contributed by atoms with E-state index >= 15 is 0 Å². The van der Waals surface area contributed by atoms with Crippen molar-refractivity contribution >= 4 is 49.1 Å². The molecule has 0 unspecified atom stereocenters. The first-order valence-electron chi connectivity index (χ1n) is 6.31. The van der Waals surface area contributed by atoms with Crippen LogP contribution in [0.3, 0.4) is 0 Å². The molecule has 2 aromatic heterocycles. The van der Waals surface area contributed by atoms with Gasteiger partial charge in [-0.25, -0.2) is 4.79 Å². The number of H-pyrrole nitrogens is 1. The number of carbonyl (C=O) groups is 1. The second-order valence-electron chi connectivity index (χ2n) is 4.64.